The van der Waals surface area contributed by atoms with Crippen LogP contribution in [0.5, 0.6) is 0 Å². The van der Waals surface area contributed by atoms with Crippen molar-refractivity contribution in [2.24, 2.45) is 5.92 Å². The molecule has 0 aliphatic heterocycles. The SMILES string of the molecule is CC(C)CNCC(C)NCc1ccccn1. The van der Waals surface area contributed by atoms with Crippen molar-refractivity contribution in [1.82, 2.24) is 15.6 Å². The Hall–Kier alpha value is -0.930. The number of aromatic nitrogens is 1. The fourth-order valence-corrected chi connectivity index (χ4v) is 1.44. The third-order valence-corrected chi connectivity index (χ3v) is 2.36. The molecule has 1 rings (SSSR count). The summed E-state index contributed by atoms with van der Waals surface area (Å²) in [6.07, 6.45) is 1.83. The zero-order chi connectivity index (χ0) is 11.8. The van der Waals surface area contributed by atoms with Crippen LogP contribution in [0.4, 0.5) is 0 Å². The Kier molecular flexibility index (Phi) is 6.04. The zero-order valence-corrected chi connectivity index (χ0v) is 10.5. The monoisotopic (exact) mass is 221 g/mol. The second kappa shape index (κ2) is 7.36. The van der Waals surface area contributed by atoms with Crippen molar-refractivity contribution < 1.29 is 0 Å². The molecule has 0 fully saturated rings. The predicted molar refractivity (Wildman–Crippen MR) is 68.2 cm³/mol. The number of pyridine rings is 1. The van der Waals surface area contributed by atoms with Crippen molar-refractivity contribution in [2.45, 2.75) is 33.4 Å². The van der Waals surface area contributed by atoms with Crippen LogP contribution in [0.3, 0.4) is 0 Å². The third-order valence-electron chi connectivity index (χ3n) is 2.36. The van der Waals surface area contributed by atoms with Gasteiger partial charge >= 0.3 is 0 Å². The van der Waals surface area contributed by atoms with E-state index in [9.17, 15) is 0 Å². The molecule has 0 aromatic carbocycles. The van der Waals surface area contributed by atoms with Gasteiger partial charge in [0.05, 0.1) is 5.69 Å². The zero-order valence-electron chi connectivity index (χ0n) is 10.5. The van der Waals surface area contributed by atoms with Crippen LogP contribution < -0.4 is 10.6 Å². The van der Waals surface area contributed by atoms with Crippen molar-refractivity contribution in [3.63, 3.8) is 0 Å². The smallest absolute Gasteiger partial charge is 0.0541 e. The largest absolute Gasteiger partial charge is 0.315 e. The highest BCUT2D eigenvalue weighted by Gasteiger charge is 2.01. The van der Waals surface area contributed by atoms with Crippen molar-refractivity contribution in [3.8, 4) is 0 Å². The molecule has 0 bridgehead atoms. The van der Waals surface area contributed by atoms with E-state index in [1.165, 1.54) is 0 Å². The van der Waals surface area contributed by atoms with Gasteiger partial charge in [0.2, 0.25) is 0 Å². The molecule has 1 aromatic heterocycles. The Morgan fingerprint density at radius 2 is 2.00 bits per heavy atom. The molecule has 0 radical (unpaired) electrons. The lowest BCUT2D eigenvalue weighted by Gasteiger charge is -2.15. The average molecular weight is 221 g/mol. The number of hydrogen-bond donors (Lipinski definition) is 2. The summed E-state index contributed by atoms with van der Waals surface area (Å²) in [6, 6.07) is 6.48. The standard InChI is InChI=1S/C13H23N3/c1-11(2)8-14-9-12(3)16-10-13-6-4-5-7-15-13/h4-7,11-12,14,16H,8-10H2,1-3H3. The maximum Gasteiger partial charge on any atom is 0.0541 e. The first-order chi connectivity index (χ1) is 7.68. The van der Waals surface area contributed by atoms with E-state index in [0.29, 0.717) is 12.0 Å². The molecule has 0 amide bonds. The number of hydrogen-bond acceptors (Lipinski definition) is 3. The molecule has 90 valence electrons. The molecule has 3 nitrogen and oxygen atoms in total. The molecule has 3 heteroatoms. The fraction of sp³-hybridized carbons (Fsp3) is 0.615. The fourth-order valence-electron chi connectivity index (χ4n) is 1.44. The summed E-state index contributed by atoms with van der Waals surface area (Å²) in [5, 5.41) is 6.89. The summed E-state index contributed by atoms with van der Waals surface area (Å²) >= 11 is 0. The number of rotatable bonds is 7. The second-order valence-corrected chi connectivity index (χ2v) is 4.66. The molecular weight excluding hydrogens is 198 g/mol. The summed E-state index contributed by atoms with van der Waals surface area (Å²) < 4.78 is 0. The van der Waals surface area contributed by atoms with Gasteiger partial charge in [0.15, 0.2) is 0 Å². The van der Waals surface area contributed by atoms with E-state index in [0.717, 1.165) is 25.3 Å². The van der Waals surface area contributed by atoms with Gasteiger partial charge in [-0.3, -0.25) is 4.98 Å². The molecule has 1 atom stereocenters. The van der Waals surface area contributed by atoms with Gasteiger partial charge in [-0.2, -0.15) is 0 Å². The molecule has 1 aromatic rings. The van der Waals surface area contributed by atoms with Gasteiger partial charge < -0.3 is 10.6 Å². The molecule has 1 unspecified atom stereocenters. The van der Waals surface area contributed by atoms with Crippen LogP contribution in [0, 0.1) is 5.92 Å². The quantitative estimate of drug-likeness (QED) is 0.737. The number of nitrogens with one attached hydrogen (secondary N) is 2. The summed E-state index contributed by atoms with van der Waals surface area (Å²) in [5.41, 5.74) is 1.10. The van der Waals surface area contributed by atoms with E-state index in [-0.39, 0.29) is 0 Å². The Labute approximate surface area is 98.7 Å². The lowest BCUT2D eigenvalue weighted by atomic mass is 10.2. The predicted octanol–water partition coefficient (Wildman–Crippen LogP) is 1.81. The summed E-state index contributed by atoms with van der Waals surface area (Å²) in [6.45, 7) is 9.56. The first-order valence-electron chi connectivity index (χ1n) is 6.02. The molecule has 0 spiro atoms. The minimum atomic E-state index is 0.473. The van der Waals surface area contributed by atoms with Gasteiger partial charge in [-0.1, -0.05) is 19.9 Å². The van der Waals surface area contributed by atoms with Gasteiger partial charge in [-0.25, -0.2) is 0 Å². The molecular formula is C13H23N3. The Morgan fingerprint density at radius 1 is 1.19 bits per heavy atom. The average Bonchev–Trinajstić information content (AvgIpc) is 2.27. The van der Waals surface area contributed by atoms with E-state index < -0.39 is 0 Å². The van der Waals surface area contributed by atoms with Crippen molar-refractivity contribution in [1.29, 1.82) is 0 Å². The summed E-state index contributed by atoms with van der Waals surface area (Å²) in [7, 11) is 0. The maximum atomic E-state index is 4.28. The summed E-state index contributed by atoms with van der Waals surface area (Å²) in [4.78, 5) is 4.28. The molecule has 0 saturated carbocycles. The number of nitrogens with zero attached hydrogens (tertiary/aromatic N) is 1. The highest BCUT2D eigenvalue weighted by Crippen LogP contribution is 1.93. The summed E-state index contributed by atoms with van der Waals surface area (Å²) in [5.74, 6) is 0.711. The molecule has 0 aliphatic carbocycles. The lowest BCUT2D eigenvalue weighted by Crippen LogP contribution is -2.37. The first-order valence-corrected chi connectivity index (χ1v) is 6.02. The van der Waals surface area contributed by atoms with Gasteiger partial charge in [0.25, 0.3) is 0 Å². The highest BCUT2D eigenvalue weighted by molar-refractivity contribution is 5.03. The minimum absolute atomic E-state index is 0.473. The van der Waals surface area contributed by atoms with Crippen LogP contribution in [-0.2, 0) is 6.54 Å². The van der Waals surface area contributed by atoms with E-state index in [1.54, 1.807) is 0 Å². The van der Waals surface area contributed by atoms with E-state index in [4.69, 9.17) is 0 Å². The van der Waals surface area contributed by atoms with Crippen molar-refractivity contribution in [2.75, 3.05) is 13.1 Å². The van der Waals surface area contributed by atoms with Crippen LogP contribution in [0.25, 0.3) is 0 Å². The first kappa shape index (κ1) is 13.1. The van der Waals surface area contributed by atoms with Gasteiger partial charge in [0.1, 0.15) is 0 Å². The highest BCUT2D eigenvalue weighted by atomic mass is 15.0. The van der Waals surface area contributed by atoms with Crippen LogP contribution >= 0.6 is 0 Å². The van der Waals surface area contributed by atoms with Gasteiger partial charge in [0, 0.05) is 25.3 Å². The minimum Gasteiger partial charge on any atom is -0.315 e. The van der Waals surface area contributed by atoms with Crippen LogP contribution in [-0.4, -0.2) is 24.1 Å². The van der Waals surface area contributed by atoms with E-state index in [1.807, 2.05) is 24.4 Å². The normalized spacial score (nSPS) is 13.0. The third kappa shape index (κ3) is 5.83. The molecule has 2 N–H and O–H groups in total. The molecule has 1 heterocycles. The van der Waals surface area contributed by atoms with Crippen molar-refractivity contribution in [3.05, 3.63) is 30.1 Å². The van der Waals surface area contributed by atoms with Crippen LogP contribution in [0.15, 0.2) is 24.4 Å². The molecule has 0 aliphatic rings. The molecule has 16 heavy (non-hydrogen) atoms. The lowest BCUT2D eigenvalue weighted by molar-refractivity contribution is 0.470. The Balaban J connectivity index is 2.13. The van der Waals surface area contributed by atoms with E-state index in [2.05, 4.69) is 36.4 Å². The Bertz CT molecular complexity index is 272. The van der Waals surface area contributed by atoms with Gasteiger partial charge in [-0.05, 0) is 31.5 Å². The van der Waals surface area contributed by atoms with Crippen molar-refractivity contribution >= 4 is 0 Å². The topological polar surface area (TPSA) is 37.0 Å². The Morgan fingerprint density at radius 3 is 2.62 bits per heavy atom. The molecule has 0 saturated heterocycles. The van der Waals surface area contributed by atoms with Gasteiger partial charge in [-0.15, -0.1) is 0 Å². The van der Waals surface area contributed by atoms with E-state index >= 15 is 0 Å². The maximum absolute atomic E-state index is 4.28. The second-order valence-electron chi connectivity index (χ2n) is 4.66. The van der Waals surface area contributed by atoms with Crippen LogP contribution in [0.2, 0.25) is 0 Å². The van der Waals surface area contributed by atoms with Crippen LogP contribution in [0.1, 0.15) is 26.5 Å².